The Hall–Kier alpha value is -4.35. The molecule has 0 bridgehead atoms. The van der Waals surface area contributed by atoms with E-state index < -0.39 is 0 Å². The second kappa shape index (κ2) is 45.0. The number of hydrogen-bond donors (Lipinski definition) is 0. The summed E-state index contributed by atoms with van der Waals surface area (Å²) in [6.07, 6.45) is 15.9. The van der Waals surface area contributed by atoms with Gasteiger partial charge in [0.25, 0.3) is 0 Å². The van der Waals surface area contributed by atoms with Crippen LogP contribution in [0.1, 0.15) is 38.8 Å². The van der Waals surface area contributed by atoms with Gasteiger partial charge in [0.1, 0.15) is 37.9 Å². The molecule has 0 aliphatic carbocycles. The first kappa shape index (κ1) is 71.1. The topological polar surface area (TPSA) is 172 Å². The Morgan fingerprint density at radius 3 is 1.29 bits per heavy atom. The Morgan fingerprint density at radius 2 is 0.831 bits per heavy atom. The Morgan fingerprint density at radius 1 is 0.434 bits per heavy atom. The molecule has 0 atom stereocenters. The molecule has 0 radical (unpaired) electrons. The van der Waals surface area contributed by atoms with Crippen molar-refractivity contribution in [3.05, 3.63) is 83.6 Å². The van der Waals surface area contributed by atoms with Gasteiger partial charge in [0.05, 0.1) is 184 Å². The monoisotopic (exact) mass is 1170 g/mol. The van der Waals surface area contributed by atoms with Gasteiger partial charge in [-0.2, -0.15) is 4.58 Å². The highest BCUT2D eigenvalue weighted by Crippen LogP contribution is 2.49. The van der Waals surface area contributed by atoms with Crippen molar-refractivity contribution in [2.24, 2.45) is 0 Å². The van der Waals surface area contributed by atoms with Crippen LogP contribution in [0.25, 0.3) is 0 Å². The van der Waals surface area contributed by atoms with Crippen LogP contribution in [0.3, 0.4) is 0 Å². The Balaban J connectivity index is 1.41. The summed E-state index contributed by atoms with van der Waals surface area (Å²) in [6, 6.07) is 12.6. The molecule has 2 aromatic carbocycles. The number of methoxy groups -OCH3 is 3. The van der Waals surface area contributed by atoms with E-state index in [1.165, 1.54) is 5.56 Å². The minimum absolute atomic E-state index is 0.285. The number of anilines is 1. The van der Waals surface area contributed by atoms with Gasteiger partial charge in [-0.15, -0.1) is 6.42 Å². The van der Waals surface area contributed by atoms with E-state index in [1.54, 1.807) is 21.3 Å². The molecule has 4 rings (SSSR count). The Bertz CT molecular complexity index is 2180. The molecule has 2 aromatic rings. The van der Waals surface area contributed by atoms with Gasteiger partial charge in [0.2, 0.25) is 5.69 Å². The zero-order chi connectivity index (χ0) is 59.3. The molecule has 2 aliphatic heterocycles. The van der Waals surface area contributed by atoms with E-state index in [2.05, 4.69) is 97.7 Å². The van der Waals surface area contributed by atoms with Crippen molar-refractivity contribution in [3.63, 3.8) is 0 Å². The quantitative estimate of drug-likeness (QED) is 0.0308. The van der Waals surface area contributed by atoms with Crippen LogP contribution in [-0.2, 0) is 86.6 Å². The van der Waals surface area contributed by atoms with Crippen LogP contribution in [-0.4, -0.2) is 250 Å². The minimum Gasteiger partial charge on any atom is -0.491 e. The molecule has 20 nitrogen and oxygen atoms in total. The lowest BCUT2D eigenvalue weighted by atomic mass is 9.81. The Labute approximate surface area is 495 Å². The SMILES string of the molecule is C#CCOCCOCCOCCOCCOc1ccc2c(c1)C(C)(C)\C(=C/C=C\C=C/C1=[N+](CCOCCOCCOCCOC)c3ccc(OCCOCCOCCOCCOC)cc3C1(C)C)N2CCOCCOCCOCCOC. The van der Waals surface area contributed by atoms with Crippen molar-refractivity contribution in [2.45, 2.75) is 38.5 Å². The van der Waals surface area contributed by atoms with Crippen LogP contribution >= 0.6 is 0 Å². The first-order valence-corrected chi connectivity index (χ1v) is 29.1. The van der Waals surface area contributed by atoms with E-state index in [-0.39, 0.29) is 17.4 Å². The molecule has 2 heterocycles. The minimum atomic E-state index is -0.357. The lowest BCUT2D eigenvalue weighted by Gasteiger charge is -2.27. The number of rotatable bonds is 54. The van der Waals surface area contributed by atoms with Crippen LogP contribution in [0.15, 0.2) is 72.5 Å². The zero-order valence-electron chi connectivity index (χ0n) is 51.0. The van der Waals surface area contributed by atoms with Gasteiger partial charge in [-0.05, 0) is 55.8 Å². The third-order valence-electron chi connectivity index (χ3n) is 13.2. The second-order valence-electron chi connectivity index (χ2n) is 19.9. The number of terminal acetylenes is 1. The lowest BCUT2D eigenvalue weighted by molar-refractivity contribution is -0.442. The van der Waals surface area contributed by atoms with E-state index in [0.29, 0.717) is 211 Å². The van der Waals surface area contributed by atoms with Gasteiger partial charge in [-0.25, -0.2) is 0 Å². The van der Waals surface area contributed by atoms with E-state index in [0.717, 1.165) is 39.8 Å². The van der Waals surface area contributed by atoms with Crippen molar-refractivity contribution in [2.75, 3.05) is 244 Å². The summed E-state index contributed by atoms with van der Waals surface area (Å²) >= 11 is 0. The average Bonchev–Trinajstić information content (AvgIpc) is 2.04. The molecule has 0 aromatic heterocycles. The van der Waals surface area contributed by atoms with Crippen LogP contribution < -0.4 is 14.4 Å². The molecule has 0 fully saturated rings. The summed E-state index contributed by atoms with van der Waals surface area (Å²) in [5, 5.41) is 0. The van der Waals surface area contributed by atoms with Crippen molar-refractivity contribution >= 4 is 17.1 Å². The third kappa shape index (κ3) is 28.1. The molecule has 0 amide bonds. The molecule has 0 spiro atoms. The third-order valence-corrected chi connectivity index (χ3v) is 13.2. The molecule has 0 unspecified atom stereocenters. The summed E-state index contributed by atoms with van der Waals surface area (Å²) in [4.78, 5) is 2.35. The van der Waals surface area contributed by atoms with Crippen molar-refractivity contribution < 1.29 is 89.8 Å². The highest BCUT2D eigenvalue weighted by molar-refractivity contribution is 6.03. The molecule has 0 N–H and O–H groups in total. The van der Waals surface area contributed by atoms with Crippen molar-refractivity contribution in [3.8, 4) is 23.8 Å². The summed E-state index contributed by atoms with van der Waals surface area (Å²) in [7, 11) is 4.97. The fourth-order valence-corrected chi connectivity index (χ4v) is 8.92. The van der Waals surface area contributed by atoms with Crippen LogP contribution in [0.5, 0.6) is 11.5 Å². The van der Waals surface area contributed by atoms with Crippen LogP contribution in [0, 0.1) is 12.3 Å². The average molecular weight is 1170 g/mol. The lowest BCUT2D eigenvalue weighted by Crippen LogP contribution is -2.29. The summed E-state index contributed by atoms with van der Waals surface area (Å²) in [6.45, 7) is 25.3. The summed E-state index contributed by atoms with van der Waals surface area (Å²) in [5.74, 6) is 3.99. The maximum atomic E-state index is 6.23. The van der Waals surface area contributed by atoms with Crippen molar-refractivity contribution in [1.82, 2.24) is 0 Å². The van der Waals surface area contributed by atoms with Crippen molar-refractivity contribution in [1.29, 1.82) is 0 Å². The molecule has 2 aliphatic rings. The number of benzene rings is 2. The molecular formula is C63H99N2O18+. The van der Waals surface area contributed by atoms with Gasteiger partial charge in [-0.3, -0.25) is 0 Å². The van der Waals surface area contributed by atoms with E-state index in [4.69, 9.17) is 91.7 Å². The highest BCUT2D eigenvalue weighted by atomic mass is 16.6. The second-order valence-corrected chi connectivity index (χ2v) is 19.9. The molecule has 0 saturated heterocycles. The van der Waals surface area contributed by atoms with Gasteiger partial charge >= 0.3 is 0 Å². The summed E-state index contributed by atoms with van der Waals surface area (Å²) in [5.41, 5.74) is 6.12. The fraction of sp³-hybridized carbons (Fsp3) is 0.667. The highest BCUT2D eigenvalue weighted by Gasteiger charge is 2.45. The summed E-state index contributed by atoms with van der Waals surface area (Å²) < 4.78 is 104. The molecule has 468 valence electrons. The molecule has 20 heteroatoms. The standard InChI is InChI=1S/C63H99N2O18/c1-9-21-69-30-33-75-42-43-79-45-47-81-49-51-83-55-16-18-59-57(53-55)63(4,5)61(65(59)20-23-71-32-35-77-40-37-73-28-25-67-7)14-12-10-11-13-60-62(2,3)56-52-54(82-50-48-80-46-44-78-41-38-74-29-26-68-8)15-17-58(56)64(60)19-22-70-31-34-76-39-36-72-27-24-66-6/h1,10-18,52-53H,19-51H2,2-8H3/q+1. The normalized spacial score (nSPS) is 14.9. The first-order chi connectivity index (χ1) is 40.7. The van der Waals surface area contributed by atoms with Gasteiger partial charge in [0, 0.05) is 62.4 Å². The van der Waals surface area contributed by atoms with E-state index in [9.17, 15) is 0 Å². The number of ether oxygens (including phenoxy) is 18. The number of allylic oxidation sites excluding steroid dienone is 6. The zero-order valence-corrected chi connectivity index (χ0v) is 51.0. The fourth-order valence-electron chi connectivity index (χ4n) is 8.92. The predicted molar refractivity (Wildman–Crippen MR) is 319 cm³/mol. The predicted octanol–water partition coefficient (Wildman–Crippen LogP) is 6.40. The van der Waals surface area contributed by atoms with Gasteiger partial charge < -0.3 is 90.2 Å². The van der Waals surface area contributed by atoms with Crippen LogP contribution in [0.2, 0.25) is 0 Å². The largest absolute Gasteiger partial charge is 0.491 e. The molecule has 0 saturated carbocycles. The first-order valence-electron chi connectivity index (χ1n) is 29.1. The molecule has 83 heavy (non-hydrogen) atoms. The number of hydrogen-bond acceptors (Lipinski definition) is 19. The maximum absolute atomic E-state index is 6.23. The molecular weight excluding hydrogens is 1070 g/mol. The number of nitrogens with zero attached hydrogens (tertiary/aromatic N) is 2. The Kier molecular flexibility index (Phi) is 38.6. The van der Waals surface area contributed by atoms with E-state index >= 15 is 0 Å². The van der Waals surface area contributed by atoms with Gasteiger partial charge in [-0.1, -0.05) is 38.0 Å². The maximum Gasteiger partial charge on any atom is 0.210 e. The van der Waals surface area contributed by atoms with Gasteiger partial charge in [0.15, 0.2) is 12.3 Å². The van der Waals surface area contributed by atoms with E-state index in [1.807, 2.05) is 12.1 Å². The number of fused-ring (bicyclic) bond motifs is 2. The smallest absolute Gasteiger partial charge is 0.210 e. The van der Waals surface area contributed by atoms with Crippen LogP contribution in [0.4, 0.5) is 11.4 Å².